The zero-order valence-corrected chi connectivity index (χ0v) is 15.9. The van der Waals surface area contributed by atoms with Crippen molar-refractivity contribution >= 4 is 23.8 Å². The van der Waals surface area contributed by atoms with Crippen molar-refractivity contribution in [1.29, 1.82) is 0 Å². The number of halogens is 1. The molecule has 2 atom stereocenters. The van der Waals surface area contributed by atoms with Crippen molar-refractivity contribution in [3.05, 3.63) is 51.5 Å². The van der Waals surface area contributed by atoms with Gasteiger partial charge >= 0.3 is 0 Å². The van der Waals surface area contributed by atoms with Gasteiger partial charge in [-0.3, -0.25) is 0 Å². The highest BCUT2D eigenvalue weighted by atomic mass is 35.5. The minimum Gasteiger partial charge on any atom is -0.387 e. The quantitative estimate of drug-likeness (QED) is 0.903. The topological polar surface area (TPSA) is 36.4 Å². The smallest absolute Gasteiger partial charge is 0.0952 e. The molecule has 2 heterocycles. The molecule has 0 spiro atoms. The van der Waals surface area contributed by atoms with Crippen LogP contribution in [0.1, 0.15) is 43.8 Å². The lowest BCUT2D eigenvalue weighted by atomic mass is 9.91. The fraction of sp³-hybridized carbons (Fsp3) is 0.409. The number of fused-ring (bicyclic) bond motifs is 1. The largest absolute Gasteiger partial charge is 0.387 e. The maximum atomic E-state index is 11.3. The van der Waals surface area contributed by atoms with Gasteiger partial charge in [-0.1, -0.05) is 42.3 Å². The third kappa shape index (κ3) is 3.44. The van der Waals surface area contributed by atoms with Crippen LogP contribution >= 0.6 is 11.6 Å². The summed E-state index contributed by atoms with van der Waals surface area (Å²) in [7, 11) is 2.12. The van der Waals surface area contributed by atoms with Gasteiger partial charge in [0, 0.05) is 21.8 Å². The molecule has 26 heavy (non-hydrogen) atoms. The highest BCUT2D eigenvalue weighted by Gasteiger charge is 2.28. The van der Waals surface area contributed by atoms with Crippen LogP contribution < -0.4 is 10.6 Å². The Morgan fingerprint density at radius 1 is 1.15 bits per heavy atom. The fourth-order valence-electron chi connectivity index (χ4n) is 4.14. The Labute approximate surface area is 159 Å². The van der Waals surface area contributed by atoms with Crippen molar-refractivity contribution in [1.82, 2.24) is 9.88 Å². The Morgan fingerprint density at radius 3 is 2.69 bits per heavy atom. The summed E-state index contributed by atoms with van der Waals surface area (Å²) in [5.41, 5.74) is 2.94. The van der Waals surface area contributed by atoms with Crippen LogP contribution in [-0.4, -0.2) is 34.6 Å². The number of nitrogens with zero attached hydrogens (tertiary/aromatic N) is 2. The number of likely N-dealkylation sites (tertiary alicyclic amines) is 1. The average Bonchev–Trinajstić information content (AvgIpc) is 2.67. The van der Waals surface area contributed by atoms with Gasteiger partial charge in [0.25, 0.3) is 0 Å². The van der Waals surface area contributed by atoms with E-state index in [1.807, 2.05) is 24.3 Å². The molecule has 2 aromatic rings. The molecule has 1 N–H and O–H groups in total. The molecule has 2 aliphatic rings. The van der Waals surface area contributed by atoms with E-state index in [9.17, 15) is 5.11 Å². The molecule has 1 aromatic heterocycles. The van der Waals surface area contributed by atoms with Gasteiger partial charge in [0.15, 0.2) is 0 Å². The lowest BCUT2D eigenvalue weighted by Crippen LogP contribution is -2.44. The van der Waals surface area contributed by atoms with Crippen LogP contribution in [-0.2, 0) is 0 Å². The predicted octanol–water partition coefficient (Wildman–Crippen LogP) is 3.27. The second-order valence-corrected chi connectivity index (χ2v) is 7.81. The number of aromatic nitrogens is 1. The Bertz CT molecular complexity index is 907. The van der Waals surface area contributed by atoms with E-state index in [0.29, 0.717) is 0 Å². The highest BCUT2D eigenvalue weighted by Crippen LogP contribution is 2.28. The van der Waals surface area contributed by atoms with Crippen molar-refractivity contribution in [2.75, 3.05) is 13.6 Å². The zero-order valence-electron chi connectivity index (χ0n) is 15.2. The lowest BCUT2D eigenvalue weighted by molar-refractivity contribution is 0.0397. The summed E-state index contributed by atoms with van der Waals surface area (Å²) >= 11 is 6.04. The molecule has 3 nitrogen and oxygen atoms in total. The Balaban J connectivity index is 1.83. The molecule has 1 aliphatic carbocycles. The first-order valence-corrected chi connectivity index (χ1v) is 9.87. The van der Waals surface area contributed by atoms with Crippen LogP contribution in [0, 0.1) is 0 Å². The van der Waals surface area contributed by atoms with Gasteiger partial charge in [-0.05, 0) is 63.0 Å². The number of rotatable bonds is 3. The number of aliphatic hydroxyl groups excluding tert-OH is 1. The van der Waals surface area contributed by atoms with E-state index in [1.54, 1.807) is 0 Å². The van der Waals surface area contributed by atoms with Gasteiger partial charge in [-0.15, -0.1) is 0 Å². The van der Waals surface area contributed by atoms with E-state index in [-0.39, 0.29) is 6.04 Å². The molecule has 0 radical (unpaired) electrons. The molecule has 136 valence electrons. The minimum absolute atomic E-state index is 0.170. The Hall–Kier alpha value is -1.68. The summed E-state index contributed by atoms with van der Waals surface area (Å²) < 4.78 is 0. The van der Waals surface area contributed by atoms with Crippen molar-refractivity contribution in [2.45, 2.75) is 44.2 Å². The van der Waals surface area contributed by atoms with Crippen molar-refractivity contribution in [3.8, 4) is 11.3 Å². The molecular formula is C22H25ClN2O. The number of aliphatic hydroxyl groups is 1. The van der Waals surface area contributed by atoms with Crippen molar-refractivity contribution in [3.63, 3.8) is 0 Å². The molecule has 4 rings (SSSR count). The van der Waals surface area contributed by atoms with Crippen LogP contribution in [0.3, 0.4) is 0 Å². The Morgan fingerprint density at radius 2 is 1.92 bits per heavy atom. The molecular weight excluding hydrogens is 344 g/mol. The van der Waals surface area contributed by atoms with E-state index >= 15 is 0 Å². The first kappa shape index (κ1) is 17.7. The van der Waals surface area contributed by atoms with E-state index < -0.39 is 6.10 Å². The predicted molar refractivity (Wildman–Crippen MR) is 107 cm³/mol. The van der Waals surface area contributed by atoms with E-state index in [2.05, 4.69) is 30.2 Å². The van der Waals surface area contributed by atoms with Gasteiger partial charge in [0.2, 0.25) is 0 Å². The third-order valence-electron chi connectivity index (χ3n) is 5.62. The SMILES string of the molecule is CN1CCCCC1C(O)c1cc(-c2ccc(Cl)cc2)nc2c1=CCCC=2. The highest BCUT2D eigenvalue weighted by molar-refractivity contribution is 6.30. The molecule has 1 saturated heterocycles. The summed E-state index contributed by atoms with van der Waals surface area (Å²) in [5.74, 6) is 0. The lowest BCUT2D eigenvalue weighted by Gasteiger charge is -2.36. The molecule has 0 amide bonds. The average molecular weight is 369 g/mol. The van der Waals surface area contributed by atoms with E-state index in [1.165, 1.54) is 12.8 Å². The fourth-order valence-corrected chi connectivity index (χ4v) is 4.27. The normalized spacial score (nSPS) is 21.4. The summed E-state index contributed by atoms with van der Waals surface area (Å²) in [6.45, 7) is 1.05. The summed E-state index contributed by atoms with van der Waals surface area (Å²) in [6.07, 6.45) is 9.37. The van der Waals surface area contributed by atoms with Crippen LogP contribution in [0.4, 0.5) is 0 Å². The maximum Gasteiger partial charge on any atom is 0.0952 e. The second-order valence-electron chi connectivity index (χ2n) is 7.38. The maximum absolute atomic E-state index is 11.3. The molecule has 0 bridgehead atoms. The number of piperidine rings is 1. The van der Waals surface area contributed by atoms with E-state index in [4.69, 9.17) is 16.6 Å². The van der Waals surface area contributed by atoms with Gasteiger partial charge in [-0.25, -0.2) is 4.98 Å². The van der Waals surface area contributed by atoms with Gasteiger partial charge in [-0.2, -0.15) is 0 Å². The number of likely N-dealkylation sites (N-methyl/N-ethyl adjacent to an activating group) is 1. The Kier molecular flexibility index (Phi) is 5.12. The minimum atomic E-state index is -0.495. The molecule has 1 aromatic carbocycles. The zero-order chi connectivity index (χ0) is 18.1. The summed E-state index contributed by atoms with van der Waals surface area (Å²) in [6, 6.07) is 10.0. The molecule has 1 aliphatic heterocycles. The van der Waals surface area contributed by atoms with Crippen LogP contribution in [0.2, 0.25) is 5.02 Å². The van der Waals surface area contributed by atoms with Crippen molar-refractivity contribution in [2.24, 2.45) is 0 Å². The molecule has 1 fully saturated rings. The number of benzene rings is 1. The number of pyridine rings is 1. The number of hydrogen-bond acceptors (Lipinski definition) is 3. The number of hydrogen-bond donors (Lipinski definition) is 1. The summed E-state index contributed by atoms with van der Waals surface area (Å²) in [4.78, 5) is 7.17. The van der Waals surface area contributed by atoms with Crippen LogP contribution in [0.5, 0.6) is 0 Å². The molecule has 0 saturated carbocycles. The van der Waals surface area contributed by atoms with Crippen molar-refractivity contribution < 1.29 is 5.11 Å². The first-order valence-electron chi connectivity index (χ1n) is 9.49. The monoisotopic (exact) mass is 368 g/mol. The summed E-state index contributed by atoms with van der Waals surface area (Å²) in [5, 5.41) is 14.1. The first-order chi connectivity index (χ1) is 12.6. The third-order valence-corrected chi connectivity index (χ3v) is 5.87. The van der Waals surface area contributed by atoms with Crippen LogP contribution in [0.15, 0.2) is 30.3 Å². The van der Waals surface area contributed by atoms with Gasteiger partial charge in [0.05, 0.1) is 17.1 Å². The molecule has 4 heteroatoms. The van der Waals surface area contributed by atoms with Gasteiger partial charge < -0.3 is 10.0 Å². The standard InChI is InChI=1S/C22H25ClN2O/c1-25-13-5-4-8-21(25)22(26)18-14-20(15-9-11-16(23)12-10-15)24-19-7-3-2-6-17(18)19/h6-7,9-12,14,21-22,26H,2-5,8,13H2,1H3. The van der Waals surface area contributed by atoms with E-state index in [0.717, 1.165) is 58.2 Å². The van der Waals surface area contributed by atoms with Crippen LogP contribution in [0.25, 0.3) is 23.4 Å². The van der Waals surface area contributed by atoms with Gasteiger partial charge in [0.1, 0.15) is 0 Å². The molecule has 2 unspecified atom stereocenters. The second kappa shape index (κ2) is 7.51.